The molecule has 33 heavy (non-hydrogen) atoms. The van der Waals surface area contributed by atoms with Crippen molar-refractivity contribution >= 4 is 58.1 Å². The van der Waals surface area contributed by atoms with Crippen molar-refractivity contribution < 1.29 is 4.74 Å². The van der Waals surface area contributed by atoms with E-state index < -0.39 is 0 Å². The van der Waals surface area contributed by atoms with Gasteiger partial charge in [-0.3, -0.25) is 0 Å². The number of ether oxygens (including phenoxy) is 1. The van der Waals surface area contributed by atoms with Crippen molar-refractivity contribution in [1.29, 1.82) is 0 Å². The monoisotopic (exact) mass is 577 g/mol. The highest BCUT2D eigenvalue weighted by Crippen LogP contribution is 2.49. The molecule has 178 valence electrons. The summed E-state index contributed by atoms with van der Waals surface area (Å²) in [7, 11) is 1.71. The van der Waals surface area contributed by atoms with Gasteiger partial charge in [0.2, 0.25) is 0 Å². The van der Waals surface area contributed by atoms with Gasteiger partial charge in [-0.15, -0.1) is 24.0 Å². The van der Waals surface area contributed by atoms with Gasteiger partial charge in [-0.05, 0) is 86.1 Å². The topological polar surface area (TPSA) is 37.2 Å². The first-order valence-electron chi connectivity index (χ1n) is 11.5. The first-order valence-corrected chi connectivity index (χ1v) is 12.7. The molecule has 6 heteroatoms. The number of anilines is 1. The zero-order valence-electron chi connectivity index (χ0n) is 20.6. The average molecular weight is 578 g/mol. The van der Waals surface area contributed by atoms with Crippen LogP contribution in [0.4, 0.5) is 11.4 Å². The summed E-state index contributed by atoms with van der Waals surface area (Å²) in [5.41, 5.74) is 3.46. The van der Waals surface area contributed by atoms with Gasteiger partial charge < -0.3 is 9.64 Å². The Kier molecular flexibility index (Phi) is 8.20. The van der Waals surface area contributed by atoms with Crippen LogP contribution in [0.1, 0.15) is 52.0 Å². The molecule has 1 fully saturated rings. The third-order valence-corrected chi connectivity index (χ3v) is 7.77. The Morgan fingerprint density at radius 3 is 2.24 bits per heavy atom. The van der Waals surface area contributed by atoms with Crippen molar-refractivity contribution in [3.05, 3.63) is 54.1 Å². The molecule has 0 amide bonds. The lowest BCUT2D eigenvalue weighted by atomic mass is 9.66. The Morgan fingerprint density at radius 1 is 1.06 bits per heavy atom. The van der Waals surface area contributed by atoms with Gasteiger partial charge in [0.05, 0.1) is 12.8 Å². The second kappa shape index (κ2) is 10.4. The molecule has 0 bridgehead atoms. The molecular formula is C27H36IN3OS. The highest BCUT2D eigenvalue weighted by atomic mass is 127. The average Bonchev–Trinajstić information content (AvgIpc) is 3.07. The van der Waals surface area contributed by atoms with E-state index in [2.05, 4.69) is 75.2 Å². The minimum atomic E-state index is -0.211. The van der Waals surface area contributed by atoms with Crippen LogP contribution < -0.4 is 9.64 Å². The lowest BCUT2D eigenvalue weighted by molar-refractivity contribution is 0.158. The number of thioether (sulfide) groups is 1. The Balaban J connectivity index is 0.00000306. The molecule has 1 aliphatic heterocycles. The molecule has 2 aromatic carbocycles. The van der Waals surface area contributed by atoms with E-state index in [-0.39, 0.29) is 29.5 Å². The number of benzene rings is 2. The number of para-hydroxylation sites is 1. The van der Waals surface area contributed by atoms with Gasteiger partial charge in [0.25, 0.3) is 0 Å². The van der Waals surface area contributed by atoms with Gasteiger partial charge in [0.15, 0.2) is 11.0 Å². The van der Waals surface area contributed by atoms with Crippen molar-refractivity contribution in [2.45, 2.75) is 58.9 Å². The van der Waals surface area contributed by atoms with E-state index in [0.717, 1.165) is 41.0 Å². The summed E-state index contributed by atoms with van der Waals surface area (Å²) in [6.07, 6.45) is 6.58. The van der Waals surface area contributed by atoms with E-state index in [1.807, 2.05) is 12.1 Å². The van der Waals surface area contributed by atoms with Crippen molar-refractivity contribution in [2.75, 3.05) is 18.3 Å². The first kappa shape index (κ1) is 26.1. The Labute approximate surface area is 220 Å². The molecule has 1 spiro atoms. The molecule has 0 atom stereocenters. The molecular weight excluding hydrogens is 541 g/mol. The standard InChI is InChI=1S/C27H35N3OS.HI/c1-19-9-7-8-10-23(19)28-24-27(17-15-20(16-18-27)26(2,3)4)30(25(29-24)32-6)21-11-13-22(31-5)14-12-21;/h7-14,20H,15-18H2,1-6H3;1H. The van der Waals surface area contributed by atoms with Crippen LogP contribution in [-0.2, 0) is 0 Å². The maximum atomic E-state index is 5.41. The molecule has 1 aliphatic carbocycles. The molecule has 0 N–H and O–H groups in total. The zero-order chi connectivity index (χ0) is 22.9. The number of halogens is 1. The number of methoxy groups -OCH3 is 1. The van der Waals surface area contributed by atoms with Crippen LogP contribution in [0.15, 0.2) is 58.5 Å². The molecule has 0 saturated heterocycles. The van der Waals surface area contributed by atoms with Crippen LogP contribution in [0.2, 0.25) is 0 Å². The first-order chi connectivity index (χ1) is 15.3. The van der Waals surface area contributed by atoms with Gasteiger partial charge in [0, 0.05) is 5.69 Å². The number of nitrogens with zero attached hydrogens (tertiary/aromatic N) is 3. The summed E-state index contributed by atoms with van der Waals surface area (Å²) in [6.45, 7) is 9.24. The fraction of sp³-hybridized carbons (Fsp3) is 0.481. The van der Waals surface area contributed by atoms with Crippen LogP contribution in [0, 0.1) is 18.3 Å². The van der Waals surface area contributed by atoms with Crippen LogP contribution in [0.3, 0.4) is 0 Å². The molecule has 2 aromatic rings. The number of hydrogen-bond acceptors (Lipinski definition) is 4. The minimum Gasteiger partial charge on any atom is -0.497 e. The van der Waals surface area contributed by atoms with E-state index in [9.17, 15) is 0 Å². The lowest BCUT2D eigenvalue weighted by Crippen LogP contribution is -2.54. The quantitative estimate of drug-likeness (QED) is 0.349. The summed E-state index contributed by atoms with van der Waals surface area (Å²) in [4.78, 5) is 12.8. The van der Waals surface area contributed by atoms with E-state index in [0.29, 0.717) is 11.3 Å². The minimum absolute atomic E-state index is 0. The smallest absolute Gasteiger partial charge is 0.170 e. The molecule has 0 radical (unpaired) electrons. The van der Waals surface area contributed by atoms with Crippen LogP contribution in [0.25, 0.3) is 0 Å². The SMILES string of the molecule is COc1ccc(N2C(SC)=NC(=Nc3ccccc3C)C23CCC(C(C)(C)C)CC3)cc1.I. The van der Waals surface area contributed by atoms with E-state index in [1.165, 1.54) is 18.4 Å². The molecule has 1 heterocycles. The number of aryl methyl sites for hydroxylation is 1. The largest absolute Gasteiger partial charge is 0.497 e. The number of rotatable bonds is 3. The van der Waals surface area contributed by atoms with Crippen LogP contribution in [-0.4, -0.2) is 29.9 Å². The molecule has 2 aliphatic rings. The van der Waals surface area contributed by atoms with E-state index >= 15 is 0 Å². The Bertz CT molecular complexity index is 1020. The van der Waals surface area contributed by atoms with Crippen LogP contribution in [0.5, 0.6) is 5.75 Å². The fourth-order valence-corrected chi connectivity index (χ4v) is 5.73. The molecule has 1 saturated carbocycles. The summed E-state index contributed by atoms with van der Waals surface area (Å²) >= 11 is 1.70. The predicted octanol–water partition coefficient (Wildman–Crippen LogP) is 7.87. The summed E-state index contributed by atoms with van der Waals surface area (Å²) in [6, 6.07) is 16.7. The van der Waals surface area contributed by atoms with Crippen molar-refractivity contribution in [3.8, 4) is 5.75 Å². The summed E-state index contributed by atoms with van der Waals surface area (Å²) in [5, 5.41) is 1.02. The molecule has 0 unspecified atom stereocenters. The third kappa shape index (κ3) is 5.11. The second-order valence-electron chi connectivity index (χ2n) is 10.0. The number of hydrogen-bond donors (Lipinski definition) is 0. The zero-order valence-corrected chi connectivity index (χ0v) is 23.7. The van der Waals surface area contributed by atoms with Crippen LogP contribution >= 0.6 is 35.7 Å². The van der Waals surface area contributed by atoms with Gasteiger partial charge >= 0.3 is 0 Å². The summed E-state index contributed by atoms with van der Waals surface area (Å²) in [5.74, 6) is 2.54. The van der Waals surface area contributed by atoms with Crippen molar-refractivity contribution in [1.82, 2.24) is 0 Å². The van der Waals surface area contributed by atoms with Gasteiger partial charge in [-0.1, -0.05) is 50.7 Å². The number of amidine groups is 2. The summed E-state index contributed by atoms with van der Waals surface area (Å²) < 4.78 is 5.41. The van der Waals surface area contributed by atoms with Gasteiger partial charge in [-0.25, -0.2) is 9.98 Å². The van der Waals surface area contributed by atoms with E-state index in [1.54, 1.807) is 18.9 Å². The molecule has 4 rings (SSSR count). The Morgan fingerprint density at radius 2 is 1.70 bits per heavy atom. The normalized spacial score (nSPS) is 24.1. The molecule has 4 nitrogen and oxygen atoms in total. The Hall–Kier alpha value is -1.54. The van der Waals surface area contributed by atoms with Gasteiger partial charge in [-0.2, -0.15) is 0 Å². The second-order valence-corrected chi connectivity index (χ2v) is 10.8. The lowest BCUT2D eigenvalue weighted by Gasteiger charge is -2.47. The molecule has 0 aromatic heterocycles. The fourth-order valence-electron chi connectivity index (χ4n) is 5.09. The highest BCUT2D eigenvalue weighted by molar-refractivity contribution is 14.0. The van der Waals surface area contributed by atoms with Crippen molar-refractivity contribution in [3.63, 3.8) is 0 Å². The van der Waals surface area contributed by atoms with Crippen molar-refractivity contribution in [2.24, 2.45) is 21.3 Å². The van der Waals surface area contributed by atoms with Gasteiger partial charge in [0.1, 0.15) is 11.3 Å². The predicted molar refractivity (Wildman–Crippen MR) is 154 cm³/mol. The third-order valence-electron chi connectivity index (χ3n) is 7.13. The highest BCUT2D eigenvalue weighted by Gasteiger charge is 2.51. The number of aliphatic imine (C=N–C) groups is 2. The van der Waals surface area contributed by atoms with E-state index in [4.69, 9.17) is 14.7 Å². The maximum absolute atomic E-state index is 5.41. The maximum Gasteiger partial charge on any atom is 0.170 e.